The molecule has 1 aromatic carbocycles. The predicted molar refractivity (Wildman–Crippen MR) is 83.3 cm³/mol. The van der Waals surface area contributed by atoms with Crippen molar-refractivity contribution >= 4 is 21.9 Å². The van der Waals surface area contributed by atoms with Crippen LogP contribution in [-0.4, -0.2) is 22.8 Å². The van der Waals surface area contributed by atoms with Gasteiger partial charge in [0, 0.05) is 10.4 Å². The Bertz CT molecular complexity index is 541. The van der Waals surface area contributed by atoms with Crippen LogP contribution in [0.3, 0.4) is 0 Å². The Morgan fingerprint density at radius 1 is 1.43 bits per heavy atom. The summed E-state index contributed by atoms with van der Waals surface area (Å²) < 4.78 is 6.15. The summed E-state index contributed by atoms with van der Waals surface area (Å²) >= 11 is 3.44. The Hall–Kier alpha value is -1.33. The second kappa shape index (κ2) is 7.09. The molecule has 0 bridgehead atoms. The van der Waals surface area contributed by atoms with E-state index < -0.39 is 18.0 Å². The normalized spacial score (nSPS) is 22.8. The number of ether oxygens (including phenoxy) is 1. The molecule has 3 atom stereocenters. The van der Waals surface area contributed by atoms with Crippen LogP contribution in [0.15, 0.2) is 34.8 Å². The molecule has 114 valence electrons. The number of aliphatic carboxylic acids is 1. The van der Waals surface area contributed by atoms with Crippen LogP contribution >= 0.6 is 15.9 Å². The lowest BCUT2D eigenvalue weighted by Gasteiger charge is -2.30. The molecule has 0 aliphatic heterocycles. The molecule has 21 heavy (non-hydrogen) atoms. The Kier molecular flexibility index (Phi) is 5.42. The zero-order chi connectivity index (χ0) is 15.4. The lowest BCUT2D eigenvalue weighted by Crippen LogP contribution is -2.30. The van der Waals surface area contributed by atoms with Crippen LogP contribution in [0, 0.1) is 11.8 Å². The molecule has 0 radical (unpaired) electrons. The number of hydrogen-bond acceptors (Lipinski definition) is 3. The van der Waals surface area contributed by atoms with Gasteiger partial charge in [-0.15, -0.1) is 0 Å². The maximum atomic E-state index is 11.3. The van der Waals surface area contributed by atoms with Gasteiger partial charge in [-0.25, -0.2) is 0 Å². The summed E-state index contributed by atoms with van der Waals surface area (Å²) in [5.74, 6) is -1.01. The van der Waals surface area contributed by atoms with Gasteiger partial charge in [0.25, 0.3) is 0 Å². The first-order valence-electron chi connectivity index (χ1n) is 7.02. The van der Waals surface area contributed by atoms with E-state index in [-0.39, 0.29) is 5.92 Å². The molecule has 1 aromatic rings. The van der Waals surface area contributed by atoms with Crippen LogP contribution < -0.4 is 4.74 Å². The second-order valence-corrected chi connectivity index (χ2v) is 5.97. The van der Waals surface area contributed by atoms with Gasteiger partial charge in [-0.2, -0.15) is 0 Å². The summed E-state index contributed by atoms with van der Waals surface area (Å²) in [5, 5.41) is 19.9. The van der Waals surface area contributed by atoms with E-state index in [2.05, 4.69) is 15.9 Å². The first kappa shape index (κ1) is 16.0. The summed E-state index contributed by atoms with van der Waals surface area (Å²) in [6.45, 7) is 2.48. The van der Waals surface area contributed by atoms with E-state index in [1.165, 1.54) is 0 Å². The topological polar surface area (TPSA) is 66.8 Å². The maximum Gasteiger partial charge on any atom is 0.307 e. The van der Waals surface area contributed by atoms with Gasteiger partial charge in [-0.05, 0) is 37.5 Å². The number of halogens is 1. The minimum Gasteiger partial charge on any atom is -0.494 e. The van der Waals surface area contributed by atoms with E-state index in [4.69, 9.17) is 4.74 Å². The van der Waals surface area contributed by atoms with Gasteiger partial charge in [0.05, 0.1) is 18.6 Å². The van der Waals surface area contributed by atoms with Crippen LogP contribution in [0.1, 0.15) is 31.4 Å². The molecular formula is C16H19BrO4. The number of aliphatic hydroxyl groups excluding tert-OH is 1. The fourth-order valence-corrected chi connectivity index (χ4v) is 3.30. The van der Waals surface area contributed by atoms with Crippen molar-refractivity contribution in [2.24, 2.45) is 11.8 Å². The molecular weight excluding hydrogens is 336 g/mol. The molecule has 4 nitrogen and oxygen atoms in total. The number of carboxylic acid groups (broad SMARTS) is 1. The molecule has 0 fully saturated rings. The SMILES string of the molecule is CCOc1ccc(C(O)C2CC=CCC2C(=O)O)c(Br)c1. The van der Waals surface area contributed by atoms with E-state index in [0.717, 1.165) is 10.2 Å². The third-order valence-electron chi connectivity index (χ3n) is 3.81. The minimum atomic E-state index is -0.856. The fourth-order valence-electron chi connectivity index (χ4n) is 2.70. The summed E-state index contributed by atoms with van der Waals surface area (Å²) in [5.41, 5.74) is 0.699. The Morgan fingerprint density at radius 3 is 2.76 bits per heavy atom. The zero-order valence-electron chi connectivity index (χ0n) is 11.8. The van der Waals surface area contributed by atoms with Crippen molar-refractivity contribution in [1.82, 2.24) is 0 Å². The highest BCUT2D eigenvalue weighted by atomic mass is 79.9. The lowest BCUT2D eigenvalue weighted by molar-refractivity contribution is -0.145. The van der Waals surface area contributed by atoms with Crippen molar-refractivity contribution in [2.75, 3.05) is 6.61 Å². The Labute approximate surface area is 132 Å². The van der Waals surface area contributed by atoms with Gasteiger partial charge < -0.3 is 14.9 Å². The average Bonchev–Trinajstić information content (AvgIpc) is 2.47. The molecule has 0 heterocycles. The molecule has 0 saturated heterocycles. The highest BCUT2D eigenvalue weighted by Gasteiger charge is 2.35. The summed E-state index contributed by atoms with van der Waals surface area (Å²) in [6, 6.07) is 5.38. The smallest absolute Gasteiger partial charge is 0.307 e. The molecule has 0 spiro atoms. The number of carbonyl (C=O) groups is 1. The maximum absolute atomic E-state index is 11.3. The van der Waals surface area contributed by atoms with Gasteiger partial charge in [0.15, 0.2) is 0 Å². The lowest BCUT2D eigenvalue weighted by atomic mass is 9.77. The largest absolute Gasteiger partial charge is 0.494 e. The van der Waals surface area contributed by atoms with Crippen LogP contribution in [0.2, 0.25) is 0 Å². The summed E-state index contributed by atoms with van der Waals surface area (Å²) in [4.78, 5) is 11.3. The quantitative estimate of drug-likeness (QED) is 0.793. The highest BCUT2D eigenvalue weighted by molar-refractivity contribution is 9.10. The first-order chi connectivity index (χ1) is 10.0. The van der Waals surface area contributed by atoms with E-state index in [1.54, 1.807) is 18.2 Å². The molecule has 2 N–H and O–H groups in total. The van der Waals surface area contributed by atoms with E-state index in [9.17, 15) is 15.0 Å². The average molecular weight is 355 g/mol. The zero-order valence-corrected chi connectivity index (χ0v) is 13.4. The third-order valence-corrected chi connectivity index (χ3v) is 4.49. The fraction of sp³-hybridized carbons (Fsp3) is 0.438. The number of hydrogen-bond donors (Lipinski definition) is 2. The molecule has 0 amide bonds. The molecule has 5 heteroatoms. The number of benzene rings is 1. The number of allylic oxidation sites excluding steroid dienone is 2. The van der Waals surface area contributed by atoms with Gasteiger partial charge >= 0.3 is 5.97 Å². The van der Waals surface area contributed by atoms with Crippen molar-refractivity contribution < 1.29 is 19.7 Å². The predicted octanol–water partition coefficient (Wildman–Crippen LogP) is 3.55. The minimum absolute atomic E-state index is 0.318. The van der Waals surface area contributed by atoms with Gasteiger partial charge in [0.2, 0.25) is 0 Å². The molecule has 1 aliphatic carbocycles. The van der Waals surface area contributed by atoms with Gasteiger partial charge in [-0.1, -0.05) is 34.1 Å². The van der Waals surface area contributed by atoms with Crippen LogP contribution in [0.4, 0.5) is 0 Å². The summed E-state index contributed by atoms with van der Waals surface area (Å²) in [6.07, 6.45) is 4.02. The number of carboxylic acids is 1. The van der Waals surface area contributed by atoms with Gasteiger partial charge in [-0.3, -0.25) is 4.79 Å². The van der Waals surface area contributed by atoms with Crippen LogP contribution in [0.25, 0.3) is 0 Å². The molecule has 1 aliphatic rings. The van der Waals surface area contributed by atoms with Crippen molar-refractivity contribution in [2.45, 2.75) is 25.9 Å². The molecule has 0 aromatic heterocycles. The van der Waals surface area contributed by atoms with Crippen LogP contribution in [-0.2, 0) is 4.79 Å². The molecule has 0 saturated carbocycles. The molecule has 3 unspecified atom stereocenters. The van der Waals surface area contributed by atoms with Crippen molar-refractivity contribution in [1.29, 1.82) is 0 Å². The number of aliphatic hydroxyl groups is 1. The van der Waals surface area contributed by atoms with Gasteiger partial charge in [0.1, 0.15) is 5.75 Å². The van der Waals surface area contributed by atoms with Crippen molar-refractivity contribution in [3.8, 4) is 5.75 Å². The van der Waals surface area contributed by atoms with Crippen LogP contribution in [0.5, 0.6) is 5.75 Å². The summed E-state index contributed by atoms with van der Waals surface area (Å²) in [7, 11) is 0. The second-order valence-electron chi connectivity index (χ2n) is 5.11. The van der Waals surface area contributed by atoms with E-state index in [0.29, 0.717) is 25.0 Å². The van der Waals surface area contributed by atoms with E-state index in [1.807, 2.05) is 19.1 Å². The van der Waals surface area contributed by atoms with E-state index >= 15 is 0 Å². The number of rotatable bonds is 5. The van der Waals surface area contributed by atoms with Crippen molar-refractivity contribution in [3.63, 3.8) is 0 Å². The standard InChI is InChI=1S/C16H19BrO4/c1-2-21-10-7-8-13(14(17)9-10)15(18)11-5-3-4-6-12(11)16(19)20/h3-4,7-9,11-12,15,18H,2,5-6H2,1H3,(H,19,20). The van der Waals surface area contributed by atoms with Crippen molar-refractivity contribution in [3.05, 3.63) is 40.4 Å². The third kappa shape index (κ3) is 3.66. The Balaban J connectivity index is 2.24. The Morgan fingerprint density at radius 2 is 2.14 bits per heavy atom. The monoisotopic (exact) mass is 354 g/mol. The highest BCUT2D eigenvalue weighted by Crippen LogP contribution is 2.39. The first-order valence-corrected chi connectivity index (χ1v) is 7.82. The molecule has 2 rings (SSSR count).